The number of likely N-dealkylation sites (tertiary alicyclic amines) is 1. The van der Waals surface area contributed by atoms with Gasteiger partial charge in [0.05, 0.1) is 9.13 Å². The molecule has 0 saturated carbocycles. The van der Waals surface area contributed by atoms with Crippen LogP contribution in [0.1, 0.15) is 44.0 Å². The van der Waals surface area contributed by atoms with Crippen LogP contribution in [0.5, 0.6) is 0 Å². The molecule has 1 aliphatic rings. The molecule has 1 aliphatic heterocycles. The third-order valence-electron chi connectivity index (χ3n) is 4.43. The lowest BCUT2D eigenvalue weighted by molar-refractivity contribution is 0.0871. The van der Waals surface area contributed by atoms with Gasteiger partial charge in [0.2, 0.25) is 0 Å². The second-order valence-electron chi connectivity index (χ2n) is 7.34. The van der Waals surface area contributed by atoms with E-state index in [4.69, 9.17) is 0 Å². The molecule has 0 spiro atoms. The zero-order valence-corrected chi connectivity index (χ0v) is 16.5. The van der Waals surface area contributed by atoms with Crippen molar-refractivity contribution in [3.8, 4) is 0 Å². The fourth-order valence-electron chi connectivity index (χ4n) is 2.79. The molecular weight excluding hydrogens is 451 g/mol. The Balaban J connectivity index is 2.29. The van der Waals surface area contributed by atoms with E-state index < -0.39 is 38.3 Å². The van der Waals surface area contributed by atoms with Crippen molar-refractivity contribution in [3.63, 3.8) is 0 Å². The summed E-state index contributed by atoms with van der Waals surface area (Å²) in [5.41, 5.74) is -1.15. The molecule has 1 amide bonds. The third-order valence-corrected chi connectivity index (χ3v) is 5.44. The van der Waals surface area contributed by atoms with E-state index >= 15 is 0 Å². The maximum absolute atomic E-state index is 14.0. The maximum atomic E-state index is 14.0. The summed E-state index contributed by atoms with van der Waals surface area (Å²) in [6.45, 7) is 8.13. The van der Waals surface area contributed by atoms with E-state index in [-0.39, 0.29) is 11.5 Å². The van der Waals surface area contributed by atoms with Crippen molar-refractivity contribution in [2.24, 2.45) is 5.41 Å². The zero-order valence-electron chi connectivity index (χ0n) is 14.4. The maximum Gasteiger partial charge on any atom is 0.255 e. The van der Waals surface area contributed by atoms with Crippen molar-refractivity contribution in [1.82, 2.24) is 10.2 Å². The van der Waals surface area contributed by atoms with Crippen LogP contribution in [-0.2, 0) is 0 Å². The van der Waals surface area contributed by atoms with Crippen molar-refractivity contribution < 1.29 is 22.4 Å². The highest BCUT2D eigenvalue weighted by molar-refractivity contribution is 14.1. The number of amides is 1. The van der Waals surface area contributed by atoms with Crippen LogP contribution in [0.4, 0.5) is 17.6 Å². The summed E-state index contributed by atoms with van der Waals surface area (Å²) in [7, 11) is 0. The van der Waals surface area contributed by atoms with Gasteiger partial charge in [0.1, 0.15) is 0 Å². The summed E-state index contributed by atoms with van der Waals surface area (Å²) >= 11 is 1.31. The summed E-state index contributed by atoms with van der Waals surface area (Å²) in [6.07, 6.45) is 2.15. The lowest BCUT2D eigenvalue weighted by Gasteiger charge is -2.34. The first-order valence-electron chi connectivity index (χ1n) is 8.08. The summed E-state index contributed by atoms with van der Waals surface area (Å²) in [5, 5.41) is 2.67. The molecule has 2 rings (SSSR count). The predicted molar refractivity (Wildman–Crippen MR) is 95.4 cm³/mol. The Morgan fingerprint density at radius 2 is 1.60 bits per heavy atom. The largest absolute Gasteiger partial charge is 0.347 e. The quantitative estimate of drug-likeness (QED) is 0.310. The molecule has 0 unspecified atom stereocenters. The molecule has 1 saturated heterocycles. The molecule has 140 valence electrons. The Labute approximate surface area is 158 Å². The van der Waals surface area contributed by atoms with Gasteiger partial charge in [-0.2, -0.15) is 0 Å². The number of benzene rings is 1. The zero-order chi connectivity index (χ0) is 18.9. The van der Waals surface area contributed by atoms with Gasteiger partial charge in [-0.25, -0.2) is 17.6 Å². The minimum absolute atomic E-state index is 0.350. The Kier molecular flexibility index (Phi) is 6.35. The van der Waals surface area contributed by atoms with Crippen molar-refractivity contribution in [3.05, 3.63) is 32.4 Å². The molecule has 1 aromatic rings. The lowest BCUT2D eigenvalue weighted by Crippen LogP contribution is -2.50. The van der Waals surface area contributed by atoms with E-state index in [1.54, 1.807) is 0 Å². The fourth-order valence-corrected chi connectivity index (χ4v) is 3.51. The van der Waals surface area contributed by atoms with E-state index in [0.29, 0.717) is 6.54 Å². The molecular formula is C17H21F4IN2O. The molecule has 8 heteroatoms. The van der Waals surface area contributed by atoms with Crippen molar-refractivity contribution in [1.29, 1.82) is 0 Å². The minimum atomic E-state index is -1.98. The van der Waals surface area contributed by atoms with E-state index in [1.165, 1.54) is 22.6 Å². The summed E-state index contributed by atoms with van der Waals surface area (Å²) < 4.78 is 54.0. The van der Waals surface area contributed by atoms with Gasteiger partial charge in [0.25, 0.3) is 5.91 Å². The number of nitrogens with one attached hydrogen (secondary N) is 1. The molecule has 0 bridgehead atoms. The van der Waals surface area contributed by atoms with Crippen molar-refractivity contribution in [2.45, 2.75) is 39.7 Å². The van der Waals surface area contributed by atoms with Gasteiger partial charge in [-0.1, -0.05) is 20.8 Å². The smallest absolute Gasteiger partial charge is 0.255 e. The molecule has 0 aliphatic carbocycles. The Morgan fingerprint density at radius 3 is 2.12 bits per heavy atom. The number of carbonyl (C=O) groups excluding carboxylic acids is 1. The van der Waals surface area contributed by atoms with Gasteiger partial charge < -0.3 is 10.2 Å². The monoisotopic (exact) mass is 472 g/mol. The molecule has 1 fully saturated rings. The minimum Gasteiger partial charge on any atom is -0.347 e. The summed E-state index contributed by atoms with van der Waals surface area (Å²) in [4.78, 5) is 14.7. The summed E-state index contributed by atoms with van der Waals surface area (Å²) in [5.74, 6) is -8.07. The van der Waals surface area contributed by atoms with E-state index in [9.17, 15) is 22.4 Å². The molecule has 1 N–H and O–H groups in total. The second-order valence-corrected chi connectivity index (χ2v) is 8.42. The van der Waals surface area contributed by atoms with Crippen LogP contribution in [0.15, 0.2) is 0 Å². The molecule has 1 aromatic carbocycles. The van der Waals surface area contributed by atoms with Crippen LogP contribution in [-0.4, -0.2) is 36.5 Å². The van der Waals surface area contributed by atoms with Gasteiger partial charge in [0.15, 0.2) is 23.3 Å². The van der Waals surface area contributed by atoms with Crippen molar-refractivity contribution >= 4 is 28.5 Å². The lowest BCUT2D eigenvalue weighted by atomic mass is 9.86. The Morgan fingerprint density at radius 1 is 1.08 bits per heavy atom. The van der Waals surface area contributed by atoms with E-state index in [1.807, 2.05) is 20.8 Å². The average Bonchev–Trinajstić information content (AvgIpc) is 3.03. The average molecular weight is 472 g/mol. The molecule has 1 heterocycles. The van der Waals surface area contributed by atoms with Crippen LogP contribution in [0.2, 0.25) is 0 Å². The Bertz CT molecular complexity index is 641. The first-order chi connectivity index (χ1) is 11.5. The number of carbonyl (C=O) groups is 1. The van der Waals surface area contributed by atoms with Crippen molar-refractivity contribution in [2.75, 3.05) is 19.6 Å². The Hall–Kier alpha value is -0.900. The summed E-state index contributed by atoms with van der Waals surface area (Å²) in [6, 6.07) is -0.357. The molecule has 1 atom stereocenters. The van der Waals surface area contributed by atoms with Gasteiger partial charge >= 0.3 is 0 Å². The first kappa shape index (κ1) is 20.4. The highest BCUT2D eigenvalue weighted by Gasteiger charge is 2.33. The van der Waals surface area contributed by atoms with Gasteiger partial charge in [-0.15, -0.1) is 0 Å². The van der Waals surface area contributed by atoms with Crippen LogP contribution in [0.3, 0.4) is 0 Å². The predicted octanol–water partition coefficient (Wildman–Crippen LogP) is 4.09. The molecule has 0 radical (unpaired) electrons. The number of hydrogen-bond donors (Lipinski definition) is 1. The second kappa shape index (κ2) is 7.77. The third kappa shape index (κ3) is 4.45. The normalized spacial score (nSPS) is 17.0. The molecule has 0 aromatic heterocycles. The topological polar surface area (TPSA) is 32.3 Å². The van der Waals surface area contributed by atoms with Gasteiger partial charge in [-0.3, -0.25) is 4.79 Å². The number of hydrogen-bond acceptors (Lipinski definition) is 2. The van der Waals surface area contributed by atoms with E-state index in [0.717, 1.165) is 25.9 Å². The highest BCUT2D eigenvalue weighted by atomic mass is 127. The highest BCUT2D eigenvalue weighted by Crippen LogP contribution is 2.27. The number of halogens is 5. The van der Waals surface area contributed by atoms with Gasteiger partial charge in [0, 0.05) is 12.6 Å². The number of nitrogens with zero attached hydrogens (tertiary/aromatic N) is 1. The fraction of sp³-hybridized carbons (Fsp3) is 0.588. The van der Waals surface area contributed by atoms with Crippen LogP contribution >= 0.6 is 22.6 Å². The SMILES string of the molecule is CC(C)(C)[C@@H](CN1CCCC1)NC(=O)c1c(F)c(F)c(F)c(F)c1I. The van der Waals surface area contributed by atoms with Crippen LogP contribution in [0.25, 0.3) is 0 Å². The number of rotatable bonds is 4. The first-order valence-corrected chi connectivity index (χ1v) is 9.16. The van der Waals surface area contributed by atoms with Crippen LogP contribution in [0, 0.1) is 32.3 Å². The van der Waals surface area contributed by atoms with E-state index in [2.05, 4.69) is 10.2 Å². The molecule has 25 heavy (non-hydrogen) atoms. The van der Waals surface area contributed by atoms with Gasteiger partial charge in [-0.05, 0) is 53.9 Å². The standard InChI is InChI=1S/C17H21F4IN2O/c1-17(2,3)9(8-24-6-4-5-7-24)23-16(25)10-11(18)12(19)13(20)14(21)15(10)22/h9H,4-8H2,1-3H3,(H,23,25)/t9-/m1/s1. The van der Waals surface area contributed by atoms with Crippen LogP contribution < -0.4 is 5.32 Å². The molecule has 3 nitrogen and oxygen atoms in total.